The van der Waals surface area contributed by atoms with E-state index in [0.29, 0.717) is 30.8 Å². The molecule has 0 radical (unpaired) electrons. The second kappa shape index (κ2) is 7.13. The first-order valence-corrected chi connectivity index (χ1v) is 9.17. The number of nitrogens with zero attached hydrogens (tertiary/aromatic N) is 4. The van der Waals surface area contributed by atoms with E-state index in [0.717, 1.165) is 10.6 Å². The van der Waals surface area contributed by atoms with Crippen LogP contribution >= 0.6 is 0 Å². The Morgan fingerprint density at radius 3 is 2.76 bits per heavy atom. The first kappa shape index (κ1) is 19.4. The molecule has 1 atom stereocenters. The van der Waals surface area contributed by atoms with Crippen LogP contribution in [-0.2, 0) is 17.4 Å². The highest BCUT2D eigenvalue weighted by atomic mass is 19.4. The summed E-state index contributed by atoms with van der Waals surface area (Å²) >= 11 is 0. The van der Waals surface area contributed by atoms with Crippen molar-refractivity contribution < 1.29 is 22.4 Å². The number of hydrogen-bond acceptors (Lipinski definition) is 3. The van der Waals surface area contributed by atoms with Gasteiger partial charge in [0.1, 0.15) is 11.5 Å². The Morgan fingerprint density at radius 2 is 2.03 bits per heavy atom. The van der Waals surface area contributed by atoms with E-state index in [1.807, 2.05) is 0 Å². The molecule has 5 nitrogen and oxygen atoms in total. The van der Waals surface area contributed by atoms with E-state index in [2.05, 4.69) is 10.1 Å². The summed E-state index contributed by atoms with van der Waals surface area (Å²) in [5, 5.41) is 4.14. The maximum Gasteiger partial charge on any atom is 0.433 e. The molecule has 0 saturated carbocycles. The van der Waals surface area contributed by atoms with Crippen molar-refractivity contribution >= 4 is 11.6 Å². The number of halogens is 4. The molecule has 1 fully saturated rings. The van der Waals surface area contributed by atoms with Crippen LogP contribution in [0.1, 0.15) is 35.0 Å². The normalized spacial score (nSPS) is 17.3. The fraction of sp³-hybridized carbons (Fsp3) is 0.350. The molecule has 1 unspecified atom stereocenters. The summed E-state index contributed by atoms with van der Waals surface area (Å²) in [6.45, 7) is 2.34. The van der Waals surface area contributed by atoms with E-state index < -0.39 is 17.7 Å². The van der Waals surface area contributed by atoms with Gasteiger partial charge >= 0.3 is 6.18 Å². The molecule has 0 bridgehead atoms. The van der Waals surface area contributed by atoms with Gasteiger partial charge in [0.2, 0.25) is 5.91 Å². The predicted octanol–water partition coefficient (Wildman–Crippen LogP) is 3.75. The molecule has 0 N–H and O–H groups in total. The fourth-order valence-corrected chi connectivity index (χ4v) is 3.68. The van der Waals surface area contributed by atoms with Gasteiger partial charge in [-0.05, 0) is 37.1 Å². The highest BCUT2D eigenvalue weighted by Gasteiger charge is 2.36. The van der Waals surface area contributed by atoms with Gasteiger partial charge in [0, 0.05) is 30.8 Å². The van der Waals surface area contributed by atoms with Crippen LogP contribution in [0.15, 0.2) is 36.4 Å². The minimum absolute atomic E-state index is 0.0780. The second-order valence-electron chi connectivity index (χ2n) is 7.25. The van der Waals surface area contributed by atoms with Gasteiger partial charge in [0.15, 0.2) is 5.65 Å². The lowest BCUT2D eigenvalue weighted by Gasteiger charge is -2.16. The zero-order valence-corrected chi connectivity index (χ0v) is 15.6. The van der Waals surface area contributed by atoms with E-state index in [-0.39, 0.29) is 29.6 Å². The van der Waals surface area contributed by atoms with Gasteiger partial charge in [-0.15, -0.1) is 0 Å². The topological polar surface area (TPSA) is 50.5 Å². The highest BCUT2D eigenvalue weighted by molar-refractivity contribution is 5.79. The molecule has 0 spiro atoms. The van der Waals surface area contributed by atoms with Crippen LogP contribution in [0.25, 0.3) is 5.65 Å². The van der Waals surface area contributed by atoms with E-state index >= 15 is 0 Å². The number of fused-ring (bicyclic) bond motifs is 1. The number of hydrogen-bond donors (Lipinski definition) is 0. The van der Waals surface area contributed by atoms with Crippen LogP contribution in [-0.4, -0.2) is 38.5 Å². The van der Waals surface area contributed by atoms with Crippen LogP contribution in [0, 0.1) is 12.7 Å². The summed E-state index contributed by atoms with van der Waals surface area (Å²) in [5.41, 5.74) is 0.588. The van der Waals surface area contributed by atoms with Crippen LogP contribution < -0.4 is 0 Å². The van der Waals surface area contributed by atoms with E-state index in [1.165, 1.54) is 19.1 Å². The molecular weight excluding hydrogens is 388 g/mol. The van der Waals surface area contributed by atoms with Gasteiger partial charge in [0.05, 0.1) is 12.1 Å². The molecule has 29 heavy (non-hydrogen) atoms. The average Bonchev–Trinajstić information content (AvgIpc) is 3.27. The van der Waals surface area contributed by atoms with E-state index in [1.54, 1.807) is 23.1 Å². The zero-order chi connectivity index (χ0) is 20.8. The Labute approximate surface area is 164 Å². The molecule has 2 aromatic heterocycles. The van der Waals surface area contributed by atoms with Gasteiger partial charge in [0.25, 0.3) is 0 Å². The number of likely N-dealkylation sites (tertiary alicyclic amines) is 1. The molecule has 3 aromatic rings. The average molecular weight is 406 g/mol. The molecule has 4 rings (SSSR count). The summed E-state index contributed by atoms with van der Waals surface area (Å²) in [6.07, 6.45) is -3.87. The maximum absolute atomic E-state index is 13.3. The summed E-state index contributed by atoms with van der Waals surface area (Å²) < 4.78 is 54.1. The lowest BCUT2D eigenvalue weighted by atomic mass is 10.1. The van der Waals surface area contributed by atoms with Gasteiger partial charge < -0.3 is 4.90 Å². The SMILES string of the molecule is Cc1cc(C(F)(F)F)n2nc(C3CCN(C(=O)Cc4cccc(F)c4)C3)cc2n1. The molecule has 9 heteroatoms. The number of aryl methyl sites for hydroxylation is 1. The van der Waals surface area contributed by atoms with Crippen molar-refractivity contribution in [2.24, 2.45) is 0 Å². The largest absolute Gasteiger partial charge is 0.433 e. The Hall–Kier alpha value is -2.97. The van der Waals surface area contributed by atoms with Gasteiger partial charge in [-0.3, -0.25) is 4.79 Å². The third-order valence-corrected chi connectivity index (χ3v) is 5.07. The van der Waals surface area contributed by atoms with Gasteiger partial charge in [-0.1, -0.05) is 12.1 Å². The molecule has 152 valence electrons. The van der Waals surface area contributed by atoms with Crippen LogP contribution in [0.4, 0.5) is 17.6 Å². The van der Waals surface area contributed by atoms with Crippen molar-refractivity contribution in [1.82, 2.24) is 19.5 Å². The molecule has 1 saturated heterocycles. The lowest BCUT2D eigenvalue weighted by molar-refractivity contribution is -0.142. The van der Waals surface area contributed by atoms with Crippen LogP contribution in [0.2, 0.25) is 0 Å². The summed E-state index contributed by atoms with van der Waals surface area (Å²) in [7, 11) is 0. The minimum atomic E-state index is -4.54. The third-order valence-electron chi connectivity index (χ3n) is 5.07. The quantitative estimate of drug-likeness (QED) is 0.623. The standard InChI is InChI=1S/C20H18F4N4O/c1-12-7-17(20(22,23)24)28-18(25-12)10-16(26-28)14-5-6-27(11-14)19(29)9-13-3-2-4-15(21)8-13/h2-4,7-8,10,14H,5-6,9,11H2,1H3. The van der Waals surface area contributed by atoms with Crippen molar-refractivity contribution in [3.8, 4) is 0 Å². The van der Waals surface area contributed by atoms with Crippen molar-refractivity contribution in [3.63, 3.8) is 0 Å². The predicted molar refractivity (Wildman–Crippen MR) is 96.8 cm³/mol. The molecule has 1 aromatic carbocycles. The summed E-state index contributed by atoms with van der Waals surface area (Å²) in [5.74, 6) is -0.719. The van der Waals surface area contributed by atoms with Gasteiger partial charge in [-0.2, -0.15) is 18.3 Å². The van der Waals surface area contributed by atoms with E-state index in [9.17, 15) is 22.4 Å². The first-order valence-electron chi connectivity index (χ1n) is 9.17. The van der Waals surface area contributed by atoms with Crippen molar-refractivity contribution in [1.29, 1.82) is 0 Å². The molecule has 3 heterocycles. The Bertz CT molecular complexity index is 1080. The highest BCUT2D eigenvalue weighted by Crippen LogP contribution is 2.32. The Kier molecular flexibility index (Phi) is 4.76. The fourth-order valence-electron chi connectivity index (χ4n) is 3.68. The van der Waals surface area contributed by atoms with Crippen LogP contribution in [0.3, 0.4) is 0 Å². The number of alkyl halides is 3. The number of carbonyl (C=O) groups is 1. The lowest BCUT2D eigenvalue weighted by Crippen LogP contribution is -2.29. The molecular formula is C20H18F4N4O. The Balaban J connectivity index is 1.53. The molecule has 1 aliphatic rings. The summed E-state index contributed by atoms with van der Waals surface area (Å²) in [6, 6.07) is 8.38. The number of carbonyl (C=O) groups excluding carboxylic acids is 1. The van der Waals surface area contributed by atoms with Crippen molar-refractivity contribution in [3.05, 3.63) is 64.9 Å². The first-order chi connectivity index (χ1) is 13.7. The number of benzene rings is 1. The third kappa shape index (κ3) is 3.94. The number of aromatic nitrogens is 3. The number of rotatable bonds is 3. The van der Waals surface area contributed by atoms with Crippen LogP contribution in [0.5, 0.6) is 0 Å². The van der Waals surface area contributed by atoms with Crippen molar-refractivity contribution in [2.75, 3.05) is 13.1 Å². The Morgan fingerprint density at radius 1 is 1.24 bits per heavy atom. The minimum Gasteiger partial charge on any atom is -0.342 e. The smallest absolute Gasteiger partial charge is 0.342 e. The van der Waals surface area contributed by atoms with E-state index in [4.69, 9.17) is 0 Å². The molecule has 1 aliphatic heterocycles. The molecule has 0 aliphatic carbocycles. The monoisotopic (exact) mass is 406 g/mol. The van der Waals surface area contributed by atoms with Crippen molar-refractivity contribution in [2.45, 2.75) is 31.9 Å². The molecule has 1 amide bonds. The second-order valence-corrected chi connectivity index (χ2v) is 7.25. The van der Waals surface area contributed by atoms with Gasteiger partial charge in [-0.25, -0.2) is 13.9 Å². The number of amides is 1. The summed E-state index contributed by atoms with van der Waals surface area (Å²) in [4.78, 5) is 18.3. The zero-order valence-electron chi connectivity index (χ0n) is 15.6. The maximum atomic E-state index is 13.3.